The number of fused-ring (bicyclic) bond motifs is 1. The van der Waals surface area contributed by atoms with Crippen molar-refractivity contribution in [1.82, 2.24) is 14.7 Å². The third-order valence-electron chi connectivity index (χ3n) is 4.82. The minimum Gasteiger partial charge on any atom is -0.497 e. The van der Waals surface area contributed by atoms with Crippen LogP contribution in [0.3, 0.4) is 0 Å². The number of rotatable bonds is 7. The number of hydrogen-bond donors (Lipinski definition) is 0. The van der Waals surface area contributed by atoms with Crippen LogP contribution in [0.2, 0.25) is 0 Å². The first-order chi connectivity index (χ1) is 14.1. The molecule has 29 heavy (non-hydrogen) atoms. The van der Waals surface area contributed by atoms with Crippen LogP contribution in [0.4, 0.5) is 4.79 Å². The number of amides is 1. The number of benzene rings is 1. The molecule has 1 aliphatic rings. The summed E-state index contributed by atoms with van der Waals surface area (Å²) in [6.07, 6.45) is 1.99. The lowest BCUT2D eigenvalue weighted by Crippen LogP contribution is -2.37. The van der Waals surface area contributed by atoms with Crippen molar-refractivity contribution in [3.05, 3.63) is 41.2 Å². The molecule has 0 bridgehead atoms. The van der Waals surface area contributed by atoms with Gasteiger partial charge in [-0.05, 0) is 37.6 Å². The summed E-state index contributed by atoms with van der Waals surface area (Å²) in [5.74, 6) is 0.249. The van der Waals surface area contributed by atoms with Gasteiger partial charge in [0.2, 0.25) is 0 Å². The highest BCUT2D eigenvalue weighted by molar-refractivity contribution is 5.89. The molecule has 2 heterocycles. The van der Waals surface area contributed by atoms with E-state index in [4.69, 9.17) is 14.2 Å². The molecule has 156 valence electrons. The quantitative estimate of drug-likeness (QED) is 0.523. The fourth-order valence-electron chi connectivity index (χ4n) is 3.27. The van der Waals surface area contributed by atoms with Crippen molar-refractivity contribution in [3.63, 3.8) is 0 Å². The average Bonchev–Trinajstić information content (AvgIpc) is 3.13. The van der Waals surface area contributed by atoms with Gasteiger partial charge in [0.15, 0.2) is 5.69 Å². The zero-order valence-corrected chi connectivity index (χ0v) is 17.1. The first kappa shape index (κ1) is 20.7. The van der Waals surface area contributed by atoms with Gasteiger partial charge in [-0.2, -0.15) is 5.10 Å². The third kappa shape index (κ3) is 4.52. The fraction of sp³-hybridized carbons (Fsp3) is 0.476. The van der Waals surface area contributed by atoms with E-state index in [0.717, 1.165) is 30.0 Å². The topological polar surface area (TPSA) is 82.9 Å². The molecule has 1 amide bonds. The lowest BCUT2D eigenvalue weighted by molar-refractivity contribution is 0.0514. The highest BCUT2D eigenvalue weighted by atomic mass is 16.6. The zero-order valence-electron chi connectivity index (χ0n) is 17.1. The second-order valence-corrected chi connectivity index (χ2v) is 6.74. The van der Waals surface area contributed by atoms with E-state index >= 15 is 0 Å². The Hall–Kier alpha value is -3.03. The molecular formula is C21H27N3O5. The molecule has 0 N–H and O–H groups in total. The number of carbonyl (C=O) groups is 2. The summed E-state index contributed by atoms with van der Waals surface area (Å²) in [7, 11) is 1.61. The van der Waals surface area contributed by atoms with Crippen molar-refractivity contribution in [2.24, 2.45) is 0 Å². The maximum atomic E-state index is 12.5. The van der Waals surface area contributed by atoms with E-state index in [1.807, 2.05) is 31.2 Å². The SMILES string of the molecule is CCCCOC(=O)N1CCc2c(c(C(=O)OCC)nn2-c2ccc(OC)cc2)C1. The van der Waals surface area contributed by atoms with Crippen molar-refractivity contribution in [2.45, 2.75) is 39.7 Å². The Morgan fingerprint density at radius 2 is 1.90 bits per heavy atom. The average molecular weight is 401 g/mol. The van der Waals surface area contributed by atoms with Gasteiger partial charge >= 0.3 is 12.1 Å². The Kier molecular flexibility index (Phi) is 6.74. The molecular weight excluding hydrogens is 374 g/mol. The van der Waals surface area contributed by atoms with Crippen LogP contribution in [-0.4, -0.2) is 53.6 Å². The van der Waals surface area contributed by atoms with E-state index in [0.29, 0.717) is 25.1 Å². The minimum absolute atomic E-state index is 0.240. The highest BCUT2D eigenvalue weighted by Crippen LogP contribution is 2.27. The Bertz CT molecular complexity index is 860. The van der Waals surface area contributed by atoms with Crippen molar-refractivity contribution >= 4 is 12.1 Å². The molecule has 1 aromatic heterocycles. The number of hydrogen-bond acceptors (Lipinski definition) is 6. The molecule has 8 heteroatoms. The number of ether oxygens (including phenoxy) is 3. The number of nitrogens with zero attached hydrogens (tertiary/aromatic N) is 3. The van der Waals surface area contributed by atoms with E-state index < -0.39 is 5.97 Å². The second kappa shape index (κ2) is 9.45. The fourth-order valence-corrected chi connectivity index (χ4v) is 3.27. The highest BCUT2D eigenvalue weighted by Gasteiger charge is 2.31. The molecule has 0 atom stereocenters. The zero-order chi connectivity index (χ0) is 20.8. The number of aromatic nitrogens is 2. The predicted molar refractivity (Wildman–Crippen MR) is 106 cm³/mol. The molecule has 0 aliphatic carbocycles. The molecule has 3 rings (SSSR count). The lowest BCUT2D eigenvalue weighted by atomic mass is 10.1. The molecule has 0 saturated carbocycles. The maximum absolute atomic E-state index is 12.5. The first-order valence-corrected chi connectivity index (χ1v) is 9.93. The predicted octanol–water partition coefficient (Wildman–Crippen LogP) is 3.35. The van der Waals surface area contributed by atoms with Crippen LogP contribution >= 0.6 is 0 Å². The molecule has 0 unspecified atom stereocenters. The first-order valence-electron chi connectivity index (χ1n) is 9.93. The molecule has 0 radical (unpaired) electrons. The number of esters is 1. The van der Waals surface area contributed by atoms with Crippen molar-refractivity contribution in [2.75, 3.05) is 26.9 Å². The summed E-state index contributed by atoms with van der Waals surface area (Å²) in [5.41, 5.74) is 2.66. The summed E-state index contributed by atoms with van der Waals surface area (Å²) in [4.78, 5) is 26.5. The van der Waals surface area contributed by atoms with Gasteiger partial charge in [0, 0.05) is 18.5 Å². The van der Waals surface area contributed by atoms with Crippen LogP contribution in [-0.2, 0) is 22.4 Å². The normalized spacial score (nSPS) is 13.0. The summed E-state index contributed by atoms with van der Waals surface area (Å²) < 4.78 is 17.5. The third-order valence-corrected chi connectivity index (χ3v) is 4.82. The van der Waals surface area contributed by atoms with E-state index in [1.165, 1.54) is 0 Å². The van der Waals surface area contributed by atoms with Gasteiger partial charge in [-0.25, -0.2) is 14.3 Å². The van der Waals surface area contributed by atoms with Crippen LogP contribution in [0.1, 0.15) is 48.4 Å². The van der Waals surface area contributed by atoms with Gasteiger partial charge < -0.3 is 19.1 Å². The van der Waals surface area contributed by atoms with Gasteiger partial charge in [-0.1, -0.05) is 13.3 Å². The molecule has 8 nitrogen and oxygen atoms in total. The Morgan fingerprint density at radius 3 is 2.55 bits per heavy atom. The van der Waals surface area contributed by atoms with Crippen LogP contribution < -0.4 is 4.74 Å². The smallest absolute Gasteiger partial charge is 0.410 e. The number of unbranched alkanes of at least 4 members (excludes halogenated alkanes) is 1. The van der Waals surface area contributed by atoms with Crippen LogP contribution in [0.25, 0.3) is 5.69 Å². The van der Waals surface area contributed by atoms with Crippen LogP contribution in [0.15, 0.2) is 24.3 Å². The minimum atomic E-state index is -0.489. The van der Waals surface area contributed by atoms with Crippen molar-refractivity contribution in [3.8, 4) is 11.4 Å². The van der Waals surface area contributed by atoms with E-state index in [2.05, 4.69) is 5.10 Å². The summed E-state index contributed by atoms with van der Waals surface area (Å²) in [5, 5.41) is 4.53. The number of carbonyl (C=O) groups excluding carboxylic acids is 2. The standard InChI is InChI=1S/C21H27N3O5/c1-4-6-13-29-21(26)23-12-11-18-17(14-23)19(20(25)28-5-2)22-24(18)15-7-9-16(27-3)10-8-15/h7-10H,4-6,11-14H2,1-3H3. The van der Waals surface area contributed by atoms with Gasteiger partial charge in [0.25, 0.3) is 0 Å². The van der Waals surface area contributed by atoms with Crippen LogP contribution in [0.5, 0.6) is 5.75 Å². The van der Waals surface area contributed by atoms with Gasteiger partial charge in [0.1, 0.15) is 5.75 Å². The Labute approximate surface area is 170 Å². The summed E-state index contributed by atoms with van der Waals surface area (Å²) in [6, 6.07) is 7.44. The van der Waals surface area contributed by atoms with E-state index in [9.17, 15) is 9.59 Å². The van der Waals surface area contributed by atoms with Gasteiger partial charge in [-0.3, -0.25) is 0 Å². The van der Waals surface area contributed by atoms with Crippen LogP contribution in [0, 0.1) is 0 Å². The molecule has 0 saturated heterocycles. The van der Waals surface area contributed by atoms with Crippen molar-refractivity contribution < 1.29 is 23.8 Å². The molecule has 0 spiro atoms. The van der Waals surface area contributed by atoms with Gasteiger partial charge in [0.05, 0.1) is 38.2 Å². The largest absolute Gasteiger partial charge is 0.497 e. The second-order valence-electron chi connectivity index (χ2n) is 6.74. The Balaban J connectivity index is 1.91. The van der Waals surface area contributed by atoms with Crippen molar-refractivity contribution in [1.29, 1.82) is 0 Å². The molecule has 2 aromatic rings. The molecule has 1 aromatic carbocycles. The van der Waals surface area contributed by atoms with Gasteiger partial charge in [-0.15, -0.1) is 0 Å². The molecule has 0 fully saturated rings. The monoisotopic (exact) mass is 401 g/mol. The maximum Gasteiger partial charge on any atom is 0.410 e. The summed E-state index contributed by atoms with van der Waals surface area (Å²) >= 11 is 0. The van der Waals surface area contributed by atoms with E-state index in [1.54, 1.807) is 23.6 Å². The lowest BCUT2D eigenvalue weighted by Gasteiger charge is -2.27. The molecule has 1 aliphatic heterocycles. The Morgan fingerprint density at radius 1 is 1.14 bits per heavy atom. The van der Waals surface area contributed by atoms with E-state index in [-0.39, 0.29) is 24.9 Å². The number of methoxy groups -OCH3 is 1. The summed E-state index contributed by atoms with van der Waals surface area (Å²) in [6.45, 7) is 5.22.